The molecule has 0 amide bonds. The van der Waals surface area contributed by atoms with Crippen molar-refractivity contribution in [2.24, 2.45) is 0 Å². The van der Waals surface area contributed by atoms with Crippen LogP contribution in [0.5, 0.6) is 0 Å². The van der Waals surface area contributed by atoms with E-state index in [1.165, 1.54) is 0 Å². The van der Waals surface area contributed by atoms with Gasteiger partial charge >= 0.3 is 0 Å². The van der Waals surface area contributed by atoms with Gasteiger partial charge in [-0.25, -0.2) is 4.98 Å². The Hall–Kier alpha value is -1.55. The molecule has 3 rings (SSSR count). The number of aromatic nitrogens is 1. The van der Waals surface area contributed by atoms with E-state index in [1.807, 2.05) is 6.07 Å². The van der Waals surface area contributed by atoms with Crippen LogP contribution in [0.25, 0.3) is 22.6 Å². The fourth-order valence-corrected chi connectivity index (χ4v) is 2.24. The lowest BCUT2D eigenvalue weighted by atomic mass is 10.1. The maximum atomic E-state index is 9.09. The minimum absolute atomic E-state index is 0.0950. The number of oxazole rings is 1. The van der Waals surface area contributed by atoms with Crippen LogP contribution in [0.3, 0.4) is 0 Å². The van der Waals surface area contributed by atoms with E-state index < -0.39 is 0 Å². The van der Waals surface area contributed by atoms with Crippen LogP contribution in [0.4, 0.5) is 0 Å². The first-order valence-electron chi connectivity index (χ1n) is 5.63. The van der Waals surface area contributed by atoms with Crippen LogP contribution < -0.4 is 0 Å². The summed E-state index contributed by atoms with van der Waals surface area (Å²) in [5, 5.41) is 10.2. The summed E-state index contributed by atoms with van der Waals surface area (Å²) in [6.45, 7) is -0.0950. The van der Waals surface area contributed by atoms with Gasteiger partial charge in [-0.05, 0) is 35.9 Å². The quantitative estimate of drug-likeness (QED) is 0.766. The number of aliphatic hydroxyl groups is 1. The molecule has 0 aliphatic heterocycles. The predicted octanol–water partition coefficient (Wildman–Crippen LogP) is 4.29. The molecular formula is C14H9Cl2NO2. The normalized spacial score (nSPS) is 11.1. The number of rotatable bonds is 2. The Labute approximate surface area is 119 Å². The van der Waals surface area contributed by atoms with Crippen molar-refractivity contribution in [2.75, 3.05) is 0 Å². The first-order valence-corrected chi connectivity index (χ1v) is 6.39. The molecule has 0 aliphatic carbocycles. The number of halogens is 2. The summed E-state index contributed by atoms with van der Waals surface area (Å²) < 4.78 is 5.65. The molecule has 0 fully saturated rings. The largest absolute Gasteiger partial charge is 0.436 e. The fraction of sp³-hybridized carbons (Fsp3) is 0.0714. The van der Waals surface area contributed by atoms with Crippen LogP contribution in [0.15, 0.2) is 40.8 Å². The number of fused-ring (bicyclic) bond motifs is 1. The molecule has 1 N–H and O–H groups in total. The lowest BCUT2D eigenvalue weighted by Crippen LogP contribution is -1.86. The zero-order chi connectivity index (χ0) is 13.4. The third-order valence-electron chi connectivity index (χ3n) is 2.82. The fourth-order valence-electron chi connectivity index (χ4n) is 1.83. The maximum absolute atomic E-state index is 9.09. The first-order chi connectivity index (χ1) is 9.17. The monoisotopic (exact) mass is 293 g/mol. The Kier molecular flexibility index (Phi) is 3.19. The van der Waals surface area contributed by atoms with Crippen LogP contribution in [-0.2, 0) is 6.61 Å². The average Bonchev–Trinajstić information content (AvgIpc) is 2.81. The number of hydrogen-bond acceptors (Lipinski definition) is 3. The Morgan fingerprint density at radius 2 is 1.95 bits per heavy atom. The predicted molar refractivity (Wildman–Crippen MR) is 75.4 cm³/mol. The number of hydrogen-bond donors (Lipinski definition) is 1. The van der Waals surface area contributed by atoms with Gasteiger partial charge in [0.1, 0.15) is 5.52 Å². The summed E-state index contributed by atoms with van der Waals surface area (Å²) in [5.41, 5.74) is 2.80. The highest BCUT2D eigenvalue weighted by Gasteiger charge is 2.10. The highest BCUT2D eigenvalue weighted by atomic mass is 35.5. The molecule has 96 valence electrons. The second-order valence-corrected chi connectivity index (χ2v) is 4.94. The SMILES string of the molecule is OCc1ccc(-c2nc3cc(Cl)ccc3o2)cc1Cl. The summed E-state index contributed by atoms with van der Waals surface area (Å²) >= 11 is 12.0. The van der Waals surface area contributed by atoms with Crippen LogP contribution in [0.2, 0.25) is 10.0 Å². The molecule has 0 saturated carbocycles. The van der Waals surface area contributed by atoms with Crippen molar-refractivity contribution >= 4 is 34.3 Å². The molecule has 3 nitrogen and oxygen atoms in total. The Morgan fingerprint density at radius 3 is 2.68 bits per heavy atom. The van der Waals surface area contributed by atoms with E-state index in [-0.39, 0.29) is 6.61 Å². The van der Waals surface area contributed by atoms with E-state index in [0.29, 0.717) is 32.6 Å². The summed E-state index contributed by atoms with van der Waals surface area (Å²) in [7, 11) is 0. The van der Waals surface area contributed by atoms with Gasteiger partial charge < -0.3 is 9.52 Å². The summed E-state index contributed by atoms with van der Waals surface area (Å²) in [4.78, 5) is 4.37. The van der Waals surface area contributed by atoms with Crippen molar-refractivity contribution in [1.29, 1.82) is 0 Å². The van der Waals surface area contributed by atoms with E-state index in [9.17, 15) is 0 Å². The van der Waals surface area contributed by atoms with Crippen molar-refractivity contribution < 1.29 is 9.52 Å². The molecule has 0 bridgehead atoms. The molecule has 0 saturated heterocycles. The van der Waals surface area contributed by atoms with Gasteiger partial charge in [-0.15, -0.1) is 0 Å². The minimum Gasteiger partial charge on any atom is -0.436 e. The topological polar surface area (TPSA) is 46.3 Å². The molecule has 5 heteroatoms. The Balaban J connectivity index is 2.11. The van der Waals surface area contributed by atoms with Crippen molar-refractivity contribution in [2.45, 2.75) is 6.61 Å². The molecule has 1 aromatic heterocycles. The molecule has 0 unspecified atom stereocenters. The van der Waals surface area contributed by atoms with E-state index in [0.717, 1.165) is 5.56 Å². The summed E-state index contributed by atoms with van der Waals surface area (Å²) in [6, 6.07) is 10.6. The van der Waals surface area contributed by atoms with E-state index in [2.05, 4.69) is 4.98 Å². The molecular weight excluding hydrogens is 285 g/mol. The standard InChI is InChI=1S/C14H9Cl2NO2/c15-10-3-4-13-12(6-10)17-14(19-13)8-1-2-9(7-18)11(16)5-8/h1-6,18H,7H2. The second kappa shape index (κ2) is 4.85. The van der Waals surface area contributed by atoms with Gasteiger partial charge in [-0.1, -0.05) is 29.3 Å². The minimum atomic E-state index is -0.0950. The van der Waals surface area contributed by atoms with Crippen LogP contribution in [0.1, 0.15) is 5.56 Å². The van der Waals surface area contributed by atoms with E-state index in [1.54, 1.807) is 30.3 Å². The Bertz CT molecular complexity index is 752. The second-order valence-electron chi connectivity index (χ2n) is 4.10. The highest BCUT2D eigenvalue weighted by Crippen LogP contribution is 2.29. The average molecular weight is 294 g/mol. The van der Waals surface area contributed by atoms with Gasteiger partial charge in [0.15, 0.2) is 5.58 Å². The van der Waals surface area contributed by atoms with Crippen LogP contribution in [-0.4, -0.2) is 10.1 Å². The molecule has 1 heterocycles. The maximum Gasteiger partial charge on any atom is 0.227 e. The van der Waals surface area contributed by atoms with Crippen LogP contribution >= 0.6 is 23.2 Å². The number of aliphatic hydroxyl groups excluding tert-OH is 1. The molecule has 2 aromatic carbocycles. The zero-order valence-electron chi connectivity index (χ0n) is 9.73. The molecule has 0 atom stereocenters. The highest BCUT2D eigenvalue weighted by molar-refractivity contribution is 6.31. The smallest absolute Gasteiger partial charge is 0.227 e. The number of nitrogens with zero attached hydrogens (tertiary/aromatic N) is 1. The molecule has 0 spiro atoms. The third kappa shape index (κ3) is 2.32. The van der Waals surface area contributed by atoms with Gasteiger partial charge in [-0.2, -0.15) is 0 Å². The molecule has 0 radical (unpaired) electrons. The zero-order valence-corrected chi connectivity index (χ0v) is 11.2. The molecule has 19 heavy (non-hydrogen) atoms. The van der Waals surface area contributed by atoms with Crippen molar-refractivity contribution in [3.05, 3.63) is 52.0 Å². The molecule has 0 aliphatic rings. The number of benzene rings is 2. The third-order valence-corrected chi connectivity index (χ3v) is 3.41. The summed E-state index contributed by atoms with van der Waals surface area (Å²) in [6.07, 6.45) is 0. The first kappa shape index (κ1) is 12.5. The van der Waals surface area contributed by atoms with Gasteiger partial charge in [0, 0.05) is 15.6 Å². The Morgan fingerprint density at radius 1 is 1.11 bits per heavy atom. The lowest BCUT2D eigenvalue weighted by molar-refractivity contribution is 0.282. The van der Waals surface area contributed by atoms with Crippen LogP contribution in [0, 0.1) is 0 Å². The summed E-state index contributed by atoms with van der Waals surface area (Å²) in [5.74, 6) is 0.476. The van der Waals surface area contributed by atoms with Gasteiger partial charge in [0.25, 0.3) is 0 Å². The van der Waals surface area contributed by atoms with Crippen molar-refractivity contribution in [1.82, 2.24) is 4.98 Å². The van der Waals surface area contributed by atoms with Crippen molar-refractivity contribution in [3.8, 4) is 11.5 Å². The van der Waals surface area contributed by atoms with E-state index in [4.69, 9.17) is 32.7 Å². The van der Waals surface area contributed by atoms with Gasteiger partial charge in [0.2, 0.25) is 5.89 Å². The van der Waals surface area contributed by atoms with Gasteiger partial charge in [0.05, 0.1) is 6.61 Å². The van der Waals surface area contributed by atoms with Gasteiger partial charge in [-0.3, -0.25) is 0 Å². The lowest BCUT2D eigenvalue weighted by Gasteiger charge is -2.01. The molecule has 3 aromatic rings. The van der Waals surface area contributed by atoms with E-state index >= 15 is 0 Å². The van der Waals surface area contributed by atoms with Crippen molar-refractivity contribution in [3.63, 3.8) is 0 Å².